The third kappa shape index (κ3) is 4.67. The van der Waals surface area contributed by atoms with Crippen LogP contribution < -0.4 is 10.1 Å². The van der Waals surface area contributed by atoms with Crippen molar-refractivity contribution in [3.05, 3.63) is 27.7 Å². The molecule has 0 saturated carbocycles. The number of aryl methyl sites for hydroxylation is 3. The van der Waals surface area contributed by atoms with Gasteiger partial charge >= 0.3 is 6.09 Å². The lowest BCUT2D eigenvalue weighted by Crippen LogP contribution is -2.26. The van der Waals surface area contributed by atoms with Gasteiger partial charge in [-0.25, -0.2) is 9.78 Å². The van der Waals surface area contributed by atoms with Crippen molar-refractivity contribution in [1.29, 1.82) is 0 Å². The maximum atomic E-state index is 11.5. The van der Waals surface area contributed by atoms with Gasteiger partial charge in [-0.2, -0.15) is 0 Å². The minimum Gasteiger partial charge on any atom is -0.397 e. The molecule has 0 spiro atoms. The van der Waals surface area contributed by atoms with Crippen molar-refractivity contribution in [2.75, 3.05) is 6.54 Å². The molecule has 2 rings (SSSR count). The lowest BCUT2D eigenvalue weighted by molar-refractivity contribution is 0.202. The van der Waals surface area contributed by atoms with Crippen LogP contribution in [-0.2, 0) is 6.42 Å². The highest BCUT2D eigenvalue weighted by Gasteiger charge is 2.13. The normalized spacial score (nSPS) is 11.2. The van der Waals surface area contributed by atoms with Crippen molar-refractivity contribution in [2.24, 2.45) is 0 Å². The zero-order valence-electron chi connectivity index (χ0n) is 14.5. The summed E-state index contributed by atoms with van der Waals surface area (Å²) in [6.45, 7) is 8.23. The van der Waals surface area contributed by atoms with Crippen molar-refractivity contribution in [3.8, 4) is 5.06 Å². The lowest BCUT2D eigenvalue weighted by Gasteiger charge is -2.01. The first kappa shape index (κ1) is 18.2. The molecule has 0 aliphatic heterocycles. The van der Waals surface area contributed by atoms with Gasteiger partial charge in [-0.3, -0.25) is 0 Å². The highest BCUT2D eigenvalue weighted by molar-refractivity contribution is 7.14. The first-order chi connectivity index (χ1) is 11.5. The van der Waals surface area contributed by atoms with E-state index < -0.39 is 6.09 Å². The van der Waals surface area contributed by atoms with Crippen LogP contribution in [0.5, 0.6) is 5.06 Å². The van der Waals surface area contributed by atoms with Crippen LogP contribution in [0.15, 0.2) is 4.52 Å². The van der Waals surface area contributed by atoms with Crippen LogP contribution in [-0.4, -0.2) is 22.8 Å². The Morgan fingerprint density at radius 2 is 2.12 bits per heavy atom. The monoisotopic (exact) mass is 349 g/mol. The molecule has 0 saturated heterocycles. The molecule has 0 aliphatic rings. The van der Waals surface area contributed by atoms with Crippen LogP contribution in [0.25, 0.3) is 12.2 Å². The summed E-state index contributed by atoms with van der Waals surface area (Å²) < 4.78 is 10.5. The molecule has 0 radical (unpaired) electrons. The zero-order valence-corrected chi connectivity index (χ0v) is 15.3. The van der Waals surface area contributed by atoms with Crippen molar-refractivity contribution in [1.82, 2.24) is 15.5 Å². The van der Waals surface area contributed by atoms with Gasteiger partial charge in [0.1, 0.15) is 10.8 Å². The van der Waals surface area contributed by atoms with E-state index in [-0.39, 0.29) is 0 Å². The van der Waals surface area contributed by atoms with Crippen LogP contribution in [0.4, 0.5) is 4.79 Å². The highest BCUT2D eigenvalue weighted by atomic mass is 32.1. The third-order valence-electron chi connectivity index (χ3n) is 3.42. The van der Waals surface area contributed by atoms with E-state index in [0.29, 0.717) is 17.3 Å². The summed E-state index contributed by atoms with van der Waals surface area (Å²) in [4.78, 5) is 15.9. The summed E-state index contributed by atoms with van der Waals surface area (Å²) in [7, 11) is 0. The van der Waals surface area contributed by atoms with E-state index in [0.717, 1.165) is 41.3 Å². The van der Waals surface area contributed by atoms with Crippen LogP contribution in [0.1, 0.15) is 54.4 Å². The molecule has 6 nitrogen and oxygen atoms in total. The van der Waals surface area contributed by atoms with Gasteiger partial charge in [-0.05, 0) is 45.8 Å². The Balaban J connectivity index is 2.12. The molecule has 0 unspecified atom stereocenters. The van der Waals surface area contributed by atoms with Gasteiger partial charge in [-0.1, -0.05) is 29.8 Å². The Bertz CT molecular complexity index is 719. The quantitative estimate of drug-likeness (QED) is 0.803. The fourth-order valence-electron chi connectivity index (χ4n) is 2.15. The molecule has 0 atom stereocenters. The summed E-state index contributed by atoms with van der Waals surface area (Å²) in [5.74, 6) is 0.796. The number of carbonyl (C=O) groups excluding carboxylic acids is 1. The number of carbonyl (C=O) groups is 1. The second-order valence-electron chi connectivity index (χ2n) is 5.38. The molecule has 0 aliphatic carbocycles. The van der Waals surface area contributed by atoms with E-state index in [9.17, 15) is 4.79 Å². The van der Waals surface area contributed by atoms with Gasteiger partial charge < -0.3 is 14.6 Å². The number of amides is 1. The summed E-state index contributed by atoms with van der Waals surface area (Å²) in [5, 5.41) is 8.01. The average Bonchev–Trinajstić information content (AvgIpc) is 3.06. The van der Waals surface area contributed by atoms with Gasteiger partial charge in [0.05, 0.1) is 11.4 Å². The molecule has 2 heterocycles. The summed E-state index contributed by atoms with van der Waals surface area (Å²) in [6, 6.07) is 0. The van der Waals surface area contributed by atoms with Gasteiger partial charge in [0.2, 0.25) is 5.06 Å². The van der Waals surface area contributed by atoms with Crippen molar-refractivity contribution < 1.29 is 14.1 Å². The Morgan fingerprint density at radius 3 is 2.83 bits per heavy atom. The molecular formula is C17H23N3O3S. The van der Waals surface area contributed by atoms with E-state index in [1.54, 1.807) is 0 Å². The fraction of sp³-hybridized carbons (Fsp3) is 0.471. The standard InChI is InChI=1S/C17H23N3O3S/c1-5-7-8-14-13(12(4)23-20-14)9-10-15-19-11(3)16(24-15)22-17(21)18-6-2/h9-10H,5-8H2,1-4H3,(H,18,21)/b10-9+. The first-order valence-electron chi connectivity index (χ1n) is 8.11. The Morgan fingerprint density at radius 1 is 1.33 bits per heavy atom. The smallest absolute Gasteiger partial charge is 0.397 e. The summed E-state index contributed by atoms with van der Waals surface area (Å²) in [6.07, 6.45) is 6.49. The average molecular weight is 349 g/mol. The number of rotatable bonds is 7. The molecule has 0 aromatic carbocycles. The van der Waals surface area contributed by atoms with Gasteiger partial charge in [0.25, 0.3) is 0 Å². The van der Waals surface area contributed by atoms with Gasteiger partial charge in [0, 0.05) is 12.1 Å². The molecule has 0 fully saturated rings. The minimum atomic E-state index is -0.462. The van der Waals surface area contributed by atoms with E-state index >= 15 is 0 Å². The van der Waals surface area contributed by atoms with Crippen molar-refractivity contribution in [2.45, 2.75) is 47.0 Å². The Labute approximate surface area is 145 Å². The molecule has 7 heteroatoms. The number of ether oxygens (including phenoxy) is 1. The molecule has 130 valence electrons. The molecule has 1 amide bonds. The first-order valence-corrected chi connectivity index (χ1v) is 8.93. The largest absolute Gasteiger partial charge is 0.413 e. The van der Waals surface area contributed by atoms with Gasteiger partial charge in [-0.15, -0.1) is 0 Å². The number of hydrogen-bond acceptors (Lipinski definition) is 6. The van der Waals surface area contributed by atoms with E-state index in [4.69, 9.17) is 9.26 Å². The fourth-order valence-corrected chi connectivity index (χ4v) is 2.97. The number of thiazole rings is 1. The predicted octanol–water partition coefficient (Wildman–Crippen LogP) is 4.37. The SMILES string of the molecule is CCCCc1noc(C)c1/C=C/c1nc(C)c(OC(=O)NCC)s1. The highest BCUT2D eigenvalue weighted by Crippen LogP contribution is 2.28. The van der Waals surface area contributed by atoms with Gasteiger partial charge in [0.15, 0.2) is 0 Å². The third-order valence-corrected chi connectivity index (χ3v) is 4.42. The molecular weight excluding hydrogens is 326 g/mol. The number of nitrogens with one attached hydrogen (secondary N) is 1. The van der Waals surface area contributed by atoms with Crippen molar-refractivity contribution >= 4 is 29.6 Å². The van der Waals surface area contributed by atoms with E-state index in [1.165, 1.54) is 11.3 Å². The number of hydrogen-bond donors (Lipinski definition) is 1. The second-order valence-corrected chi connectivity index (χ2v) is 6.37. The maximum Gasteiger partial charge on any atom is 0.413 e. The van der Waals surface area contributed by atoms with Crippen LogP contribution in [0.2, 0.25) is 0 Å². The van der Waals surface area contributed by atoms with E-state index in [2.05, 4.69) is 22.4 Å². The molecule has 1 N–H and O–H groups in total. The number of aromatic nitrogens is 2. The second kappa shape index (κ2) is 8.63. The molecule has 24 heavy (non-hydrogen) atoms. The minimum absolute atomic E-state index is 0.462. The molecule has 2 aromatic heterocycles. The maximum absolute atomic E-state index is 11.5. The van der Waals surface area contributed by atoms with Crippen LogP contribution in [0.3, 0.4) is 0 Å². The Hall–Kier alpha value is -2.15. The number of nitrogens with zero attached hydrogens (tertiary/aromatic N) is 2. The number of unbranched alkanes of at least 4 members (excludes halogenated alkanes) is 1. The van der Waals surface area contributed by atoms with Crippen LogP contribution in [0, 0.1) is 13.8 Å². The summed E-state index contributed by atoms with van der Waals surface area (Å²) >= 11 is 1.33. The van der Waals surface area contributed by atoms with Crippen molar-refractivity contribution in [3.63, 3.8) is 0 Å². The zero-order chi connectivity index (χ0) is 17.5. The van der Waals surface area contributed by atoms with Crippen LogP contribution >= 0.6 is 11.3 Å². The predicted molar refractivity (Wildman–Crippen MR) is 95.3 cm³/mol. The molecule has 2 aromatic rings. The summed E-state index contributed by atoms with van der Waals surface area (Å²) in [5.41, 5.74) is 2.67. The molecule has 0 bridgehead atoms. The topological polar surface area (TPSA) is 77.2 Å². The van der Waals surface area contributed by atoms with E-state index in [1.807, 2.05) is 32.9 Å². The lowest BCUT2D eigenvalue weighted by atomic mass is 10.1. The Kier molecular flexibility index (Phi) is 6.54.